The van der Waals surface area contributed by atoms with E-state index in [2.05, 4.69) is 14.6 Å². The van der Waals surface area contributed by atoms with Gasteiger partial charge in [-0.3, -0.25) is 19.4 Å². The number of halogens is 1. The predicted octanol–water partition coefficient (Wildman–Crippen LogP) is 7.15. The smallest absolute Gasteiger partial charge is 0.264 e. The summed E-state index contributed by atoms with van der Waals surface area (Å²) in [5, 5.41) is 0. The highest BCUT2D eigenvalue weighted by Gasteiger charge is 2.27. The van der Waals surface area contributed by atoms with Crippen molar-refractivity contribution in [1.82, 2.24) is 9.80 Å². The zero-order valence-corrected chi connectivity index (χ0v) is 28.3. The van der Waals surface area contributed by atoms with E-state index in [-0.39, 0.29) is 33.9 Å². The number of anilines is 1. The van der Waals surface area contributed by atoms with E-state index in [0.717, 1.165) is 36.8 Å². The lowest BCUT2D eigenvalue weighted by Crippen LogP contribution is -2.48. The maximum Gasteiger partial charge on any atom is 0.264 e. The van der Waals surface area contributed by atoms with Crippen molar-refractivity contribution in [3.05, 3.63) is 77.1 Å². The molecule has 1 aliphatic carbocycles. The fourth-order valence-electron chi connectivity index (χ4n) is 6.59. The average molecular weight is 665 g/mol. The molecule has 3 aromatic rings. The summed E-state index contributed by atoms with van der Waals surface area (Å²) in [5.41, 5.74) is 2.93. The van der Waals surface area contributed by atoms with Gasteiger partial charge in [0.1, 0.15) is 10.6 Å². The lowest BCUT2D eigenvalue weighted by molar-refractivity contribution is 0.0628. The van der Waals surface area contributed by atoms with Crippen LogP contribution in [0.3, 0.4) is 0 Å². The van der Waals surface area contributed by atoms with E-state index in [1.807, 2.05) is 12.1 Å². The first-order valence-electron chi connectivity index (χ1n) is 16.4. The van der Waals surface area contributed by atoms with Gasteiger partial charge in [0.05, 0.1) is 25.6 Å². The number of methoxy groups -OCH3 is 2. The minimum absolute atomic E-state index is 0.118. The van der Waals surface area contributed by atoms with Crippen molar-refractivity contribution >= 4 is 33.5 Å². The first-order valence-corrected chi connectivity index (χ1v) is 17.9. The van der Waals surface area contributed by atoms with E-state index in [4.69, 9.17) is 9.47 Å². The molecule has 0 unspecified atom stereocenters. The minimum atomic E-state index is -4.04. The molecule has 9 nitrogen and oxygen atoms in total. The maximum atomic E-state index is 14.1. The summed E-state index contributed by atoms with van der Waals surface area (Å²) in [6.07, 6.45) is 9.57. The lowest BCUT2D eigenvalue weighted by atomic mass is 9.85. The molecule has 1 aliphatic heterocycles. The Kier molecular flexibility index (Phi) is 11.5. The number of aliphatic imine (C=N–C) groups is 1. The lowest BCUT2D eigenvalue weighted by Gasteiger charge is -2.35. The molecule has 0 atom stereocenters. The summed E-state index contributed by atoms with van der Waals surface area (Å²) >= 11 is 0. The number of piperazine rings is 1. The number of rotatable bonds is 10. The Morgan fingerprint density at radius 1 is 0.936 bits per heavy atom. The highest BCUT2D eigenvalue weighted by Crippen LogP contribution is 2.40. The van der Waals surface area contributed by atoms with Gasteiger partial charge in [-0.2, -0.15) is 0 Å². The number of nitrogens with zero attached hydrogens (tertiary/aromatic N) is 3. The Morgan fingerprint density at radius 3 is 2.30 bits per heavy atom. The number of amides is 1. The molecule has 2 aliphatic rings. The average Bonchev–Trinajstić information content (AvgIpc) is 3.05. The summed E-state index contributed by atoms with van der Waals surface area (Å²) < 4.78 is 55.1. The normalized spacial score (nSPS) is 16.9. The molecule has 3 aromatic carbocycles. The molecule has 0 bridgehead atoms. The van der Waals surface area contributed by atoms with E-state index >= 15 is 0 Å². The van der Waals surface area contributed by atoms with Crippen LogP contribution < -0.4 is 14.2 Å². The summed E-state index contributed by atoms with van der Waals surface area (Å²) in [6, 6.07) is 15.1. The monoisotopic (exact) mass is 664 g/mol. The fourth-order valence-corrected chi connectivity index (χ4v) is 7.84. The van der Waals surface area contributed by atoms with Crippen LogP contribution >= 0.6 is 0 Å². The molecule has 11 heteroatoms. The topological polar surface area (TPSA) is 101 Å². The second-order valence-corrected chi connectivity index (χ2v) is 13.8. The SMILES string of the molecule is C/C=N\c1c(C2CCCCCCC2)cccc1S(=O)(=O)Nc1ccc(C(=O)N2CCN(Cc3ccc(OC)c(F)c3)CC2)cc1OC. The van der Waals surface area contributed by atoms with Gasteiger partial charge >= 0.3 is 0 Å². The summed E-state index contributed by atoms with van der Waals surface area (Å²) in [4.78, 5) is 22.1. The number of hydrogen-bond donors (Lipinski definition) is 1. The molecular weight excluding hydrogens is 619 g/mol. The van der Waals surface area contributed by atoms with Crippen LogP contribution in [0.25, 0.3) is 0 Å². The Morgan fingerprint density at radius 2 is 1.64 bits per heavy atom. The number of nitrogens with one attached hydrogen (secondary N) is 1. The molecule has 252 valence electrons. The van der Waals surface area contributed by atoms with Gasteiger partial charge in [0.15, 0.2) is 11.6 Å². The summed E-state index contributed by atoms with van der Waals surface area (Å²) in [5.74, 6) is 0.155. The molecule has 0 aromatic heterocycles. The van der Waals surface area contributed by atoms with Crippen molar-refractivity contribution < 1.29 is 27.1 Å². The molecule has 2 fully saturated rings. The number of ether oxygens (including phenoxy) is 2. The predicted molar refractivity (Wildman–Crippen MR) is 183 cm³/mol. The first kappa shape index (κ1) is 34.4. The van der Waals surface area contributed by atoms with E-state index in [9.17, 15) is 17.6 Å². The van der Waals surface area contributed by atoms with Crippen molar-refractivity contribution in [2.75, 3.05) is 45.1 Å². The summed E-state index contributed by atoms with van der Waals surface area (Å²) in [6.45, 7) is 4.64. The van der Waals surface area contributed by atoms with Crippen molar-refractivity contribution in [2.45, 2.75) is 69.2 Å². The van der Waals surface area contributed by atoms with E-state index in [1.54, 1.807) is 54.4 Å². The van der Waals surface area contributed by atoms with Gasteiger partial charge in [0, 0.05) is 44.5 Å². The Bertz CT molecular complexity index is 1680. The zero-order chi connectivity index (χ0) is 33.4. The van der Waals surface area contributed by atoms with Gasteiger partial charge in [0.2, 0.25) is 0 Å². The number of sulfonamides is 1. The molecule has 5 rings (SSSR count). The zero-order valence-electron chi connectivity index (χ0n) is 27.5. The van der Waals surface area contributed by atoms with Crippen LogP contribution in [0.5, 0.6) is 11.5 Å². The number of para-hydroxylation sites is 1. The third-order valence-electron chi connectivity index (χ3n) is 9.10. The first-order chi connectivity index (χ1) is 22.7. The Labute approximate surface area is 277 Å². The minimum Gasteiger partial charge on any atom is -0.495 e. The largest absolute Gasteiger partial charge is 0.495 e. The standard InChI is InChI=1S/C36H45FN4O5S/c1-4-38-35-29(27-11-8-6-5-7-9-12-27)13-10-14-34(35)47(43,44)39-31-17-16-28(24-33(31)46-3)36(42)41-21-19-40(20-22-41)25-26-15-18-32(45-2)30(37)23-26/h4,10,13-18,23-24,27,39H,5-9,11-12,19-22,25H2,1-3H3/b38-4-. The molecule has 1 heterocycles. The van der Waals surface area contributed by atoms with Gasteiger partial charge < -0.3 is 14.4 Å². The van der Waals surface area contributed by atoms with E-state index in [1.165, 1.54) is 39.5 Å². The highest BCUT2D eigenvalue weighted by molar-refractivity contribution is 7.92. The van der Waals surface area contributed by atoms with Crippen molar-refractivity contribution in [3.8, 4) is 11.5 Å². The molecule has 1 saturated heterocycles. The van der Waals surface area contributed by atoms with Crippen LogP contribution in [0.2, 0.25) is 0 Å². The third kappa shape index (κ3) is 8.31. The molecule has 1 amide bonds. The number of carbonyl (C=O) groups excluding carboxylic acids is 1. The van der Waals surface area contributed by atoms with Gasteiger partial charge in [-0.25, -0.2) is 12.8 Å². The number of hydrogen-bond acceptors (Lipinski definition) is 7. The van der Waals surface area contributed by atoms with Crippen molar-refractivity contribution in [1.29, 1.82) is 0 Å². The Balaban J connectivity index is 1.28. The fraction of sp³-hybridized carbons (Fsp3) is 0.444. The van der Waals surface area contributed by atoms with Gasteiger partial charge in [-0.05, 0) is 73.2 Å². The second kappa shape index (κ2) is 15.8. The Hall–Kier alpha value is -3.96. The van der Waals surface area contributed by atoms with Gasteiger partial charge in [-0.15, -0.1) is 0 Å². The molecule has 1 saturated carbocycles. The second-order valence-electron chi connectivity index (χ2n) is 12.2. The van der Waals surface area contributed by atoms with Crippen LogP contribution in [-0.2, 0) is 16.6 Å². The highest BCUT2D eigenvalue weighted by atomic mass is 32.2. The van der Waals surface area contributed by atoms with Crippen LogP contribution in [0, 0.1) is 5.82 Å². The molecular formula is C36H45FN4O5S. The summed E-state index contributed by atoms with van der Waals surface area (Å²) in [7, 11) is -1.16. The van der Waals surface area contributed by atoms with E-state index < -0.39 is 15.8 Å². The molecule has 0 spiro atoms. The van der Waals surface area contributed by atoms with Gasteiger partial charge in [0.25, 0.3) is 15.9 Å². The van der Waals surface area contributed by atoms with Crippen LogP contribution in [0.15, 0.2) is 64.5 Å². The van der Waals surface area contributed by atoms with Crippen molar-refractivity contribution in [3.63, 3.8) is 0 Å². The third-order valence-corrected chi connectivity index (χ3v) is 10.5. The number of benzene rings is 3. The molecule has 47 heavy (non-hydrogen) atoms. The quantitative estimate of drug-likeness (QED) is 0.231. The van der Waals surface area contributed by atoms with Crippen LogP contribution in [0.1, 0.15) is 79.3 Å². The molecule has 1 N–H and O–H groups in total. The van der Waals surface area contributed by atoms with Crippen molar-refractivity contribution in [2.24, 2.45) is 4.99 Å². The molecule has 0 radical (unpaired) electrons. The number of carbonyl (C=O) groups is 1. The van der Waals surface area contributed by atoms with Crippen LogP contribution in [0.4, 0.5) is 15.8 Å². The van der Waals surface area contributed by atoms with E-state index in [0.29, 0.717) is 44.0 Å². The maximum absolute atomic E-state index is 14.1. The van der Waals surface area contributed by atoms with Gasteiger partial charge in [-0.1, -0.05) is 50.3 Å². The van der Waals surface area contributed by atoms with Crippen LogP contribution in [-0.4, -0.2) is 70.7 Å².